The number of hydrogen-bond acceptors (Lipinski definition) is 7. The van der Waals surface area contributed by atoms with Crippen LogP contribution in [-0.2, 0) is 9.53 Å². The van der Waals surface area contributed by atoms with Crippen LogP contribution in [0.15, 0.2) is 28.0 Å². The zero-order valence-corrected chi connectivity index (χ0v) is 18.9. The number of carbonyl (C=O) groups is 1. The molecule has 7 nitrogen and oxygen atoms in total. The van der Waals surface area contributed by atoms with Crippen molar-refractivity contribution in [1.82, 2.24) is 14.3 Å². The molecule has 9 heteroatoms. The van der Waals surface area contributed by atoms with Gasteiger partial charge in [-0.15, -0.1) is 0 Å². The molecular formula is C21H24N4O3S2. The molecule has 2 aliphatic rings. The van der Waals surface area contributed by atoms with Crippen molar-refractivity contribution in [2.45, 2.75) is 20.8 Å². The van der Waals surface area contributed by atoms with Crippen LogP contribution in [0.5, 0.6) is 0 Å². The van der Waals surface area contributed by atoms with Gasteiger partial charge in [0.15, 0.2) is 0 Å². The van der Waals surface area contributed by atoms with Gasteiger partial charge in [-0.1, -0.05) is 43.9 Å². The lowest BCUT2D eigenvalue weighted by Crippen LogP contribution is -2.38. The van der Waals surface area contributed by atoms with E-state index < -0.39 is 0 Å². The van der Waals surface area contributed by atoms with E-state index in [0.717, 1.165) is 5.56 Å². The van der Waals surface area contributed by atoms with Crippen LogP contribution in [0.2, 0.25) is 0 Å². The molecule has 0 saturated carbocycles. The monoisotopic (exact) mass is 444 g/mol. The Hall–Kier alpha value is -2.23. The van der Waals surface area contributed by atoms with Crippen molar-refractivity contribution in [3.05, 3.63) is 44.7 Å². The normalized spacial score (nSPS) is 19.0. The molecule has 4 rings (SSSR count). The van der Waals surface area contributed by atoms with Gasteiger partial charge >= 0.3 is 0 Å². The highest BCUT2D eigenvalue weighted by molar-refractivity contribution is 8.26. The molecule has 0 aliphatic carbocycles. The number of aryl methyl sites for hydroxylation is 1. The minimum absolute atomic E-state index is 0.152. The lowest BCUT2D eigenvalue weighted by Gasteiger charge is -2.29. The Labute approximate surface area is 184 Å². The number of thioether (sulfide) groups is 1. The number of rotatable bonds is 4. The summed E-state index contributed by atoms with van der Waals surface area (Å²) in [5.41, 5.74) is 1.75. The molecule has 0 unspecified atom stereocenters. The Morgan fingerprint density at radius 1 is 1.27 bits per heavy atom. The maximum Gasteiger partial charge on any atom is 0.267 e. The summed E-state index contributed by atoms with van der Waals surface area (Å²) in [4.78, 5) is 35.3. The summed E-state index contributed by atoms with van der Waals surface area (Å²) in [6.45, 7) is 9.01. The third-order valence-electron chi connectivity index (χ3n) is 4.99. The fourth-order valence-electron chi connectivity index (χ4n) is 3.54. The number of ether oxygens (including phenoxy) is 1. The molecule has 1 amide bonds. The summed E-state index contributed by atoms with van der Waals surface area (Å²) in [6.07, 6.45) is 3.43. The zero-order valence-electron chi connectivity index (χ0n) is 17.3. The first-order valence-electron chi connectivity index (χ1n) is 9.96. The summed E-state index contributed by atoms with van der Waals surface area (Å²) < 4.78 is 7.53. The third-order valence-corrected chi connectivity index (χ3v) is 6.37. The van der Waals surface area contributed by atoms with Gasteiger partial charge in [-0.05, 0) is 30.5 Å². The second-order valence-corrected chi connectivity index (χ2v) is 9.55. The summed E-state index contributed by atoms with van der Waals surface area (Å²) >= 11 is 6.66. The van der Waals surface area contributed by atoms with Crippen LogP contribution in [0.25, 0.3) is 11.7 Å². The standard InChI is InChI=1S/C21H24N4O3S2/c1-13(2)11-25-20(27)16(30-21(25)29)10-15-18(23-6-8-28-9-7-23)22-17-5-4-14(3)12-24(17)19(15)26/h4-5,10,12-13H,6-9,11H2,1-3H3. The maximum atomic E-state index is 13.4. The maximum absolute atomic E-state index is 13.4. The van der Waals surface area contributed by atoms with Gasteiger partial charge in [0.05, 0.1) is 23.7 Å². The number of nitrogens with zero attached hydrogens (tertiary/aromatic N) is 4. The molecule has 2 fully saturated rings. The van der Waals surface area contributed by atoms with E-state index in [4.69, 9.17) is 21.9 Å². The first kappa shape index (κ1) is 21.0. The number of thiocarbonyl (C=S) groups is 1. The molecule has 0 atom stereocenters. The summed E-state index contributed by atoms with van der Waals surface area (Å²) in [5, 5.41) is 0. The fraction of sp³-hybridized carbons (Fsp3) is 0.429. The fourth-order valence-corrected chi connectivity index (χ4v) is 4.80. The van der Waals surface area contributed by atoms with E-state index in [-0.39, 0.29) is 11.5 Å². The van der Waals surface area contributed by atoms with Crippen molar-refractivity contribution < 1.29 is 9.53 Å². The van der Waals surface area contributed by atoms with E-state index in [0.29, 0.717) is 65.0 Å². The molecular weight excluding hydrogens is 420 g/mol. The molecule has 0 N–H and O–H groups in total. The number of aromatic nitrogens is 2. The van der Waals surface area contributed by atoms with Crippen molar-refractivity contribution in [2.24, 2.45) is 5.92 Å². The SMILES string of the molecule is Cc1ccc2nc(N3CCOCC3)c(C=C3SC(=S)N(CC(C)C)C3=O)c(=O)n2c1. The van der Waals surface area contributed by atoms with E-state index in [9.17, 15) is 9.59 Å². The van der Waals surface area contributed by atoms with E-state index in [1.165, 1.54) is 11.8 Å². The third kappa shape index (κ3) is 4.01. The molecule has 2 saturated heterocycles. The molecule has 2 aromatic rings. The van der Waals surface area contributed by atoms with Crippen LogP contribution in [0.3, 0.4) is 0 Å². The van der Waals surface area contributed by atoms with Crippen molar-refractivity contribution >= 4 is 51.7 Å². The average molecular weight is 445 g/mol. The molecule has 2 aliphatic heterocycles. The van der Waals surface area contributed by atoms with Gasteiger partial charge in [-0.3, -0.25) is 18.9 Å². The highest BCUT2D eigenvalue weighted by Crippen LogP contribution is 2.34. The number of anilines is 1. The summed E-state index contributed by atoms with van der Waals surface area (Å²) in [6, 6.07) is 3.77. The van der Waals surface area contributed by atoms with Crippen molar-refractivity contribution in [2.75, 3.05) is 37.7 Å². The zero-order chi connectivity index (χ0) is 21.4. The number of amides is 1. The molecule has 4 heterocycles. The van der Waals surface area contributed by atoms with E-state index in [1.54, 1.807) is 21.6 Å². The van der Waals surface area contributed by atoms with Gasteiger partial charge < -0.3 is 9.64 Å². The van der Waals surface area contributed by atoms with Crippen LogP contribution >= 0.6 is 24.0 Å². The van der Waals surface area contributed by atoms with Gasteiger partial charge in [0.2, 0.25) is 0 Å². The number of morpholine rings is 1. The Bertz CT molecular complexity index is 1100. The lowest BCUT2D eigenvalue weighted by molar-refractivity contribution is -0.122. The lowest BCUT2D eigenvalue weighted by atomic mass is 10.2. The number of fused-ring (bicyclic) bond motifs is 1. The molecule has 158 valence electrons. The Balaban J connectivity index is 1.85. The predicted octanol–water partition coefficient (Wildman–Crippen LogP) is 2.70. The van der Waals surface area contributed by atoms with Crippen LogP contribution in [0.4, 0.5) is 5.82 Å². The van der Waals surface area contributed by atoms with Gasteiger partial charge in [0, 0.05) is 25.8 Å². The second-order valence-electron chi connectivity index (χ2n) is 7.87. The molecule has 0 spiro atoms. The average Bonchev–Trinajstić information content (AvgIpc) is 2.98. The van der Waals surface area contributed by atoms with Crippen LogP contribution in [-0.4, -0.2) is 57.4 Å². The first-order valence-corrected chi connectivity index (χ1v) is 11.2. The minimum Gasteiger partial charge on any atom is -0.378 e. The van der Waals surface area contributed by atoms with Crippen molar-refractivity contribution in [3.63, 3.8) is 0 Å². The van der Waals surface area contributed by atoms with Crippen molar-refractivity contribution in [1.29, 1.82) is 0 Å². The topological polar surface area (TPSA) is 67.2 Å². The van der Waals surface area contributed by atoms with Gasteiger partial charge in [-0.25, -0.2) is 4.98 Å². The number of pyridine rings is 1. The Morgan fingerprint density at radius 3 is 2.70 bits per heavy atom. The van der Waals surface area contributed by atoms with Gasteiger partial charge in [-0.2, -0.15) is 0 Å². The quantitative estimate of drug-likeness (QED) is 0.531. The van der Waals surface area contributed by atoms with E-state index in [2.05, 4.69) is 0 Å². The highest BCUT2D eigenvalue weighted by atomic mass is 32.2. The molecule has 30 heavy (non-hydrogen) atoms. The first-order chi connectivity index (χ1) is 14.3. The highest BCUT2D eigenvalue weighted by Gasteiger charge is 2.33. The van der Waals surface area contributed by atoms with E-state index in [1.807, 2.05) is 37.8 Å². The Morgan fingerprint density at radius 2 is 2.00 bits per heavy atom. The van der Waals surface area contributed by atoms with Crippen LogP contribution in [0.1, 0.15) is 25.0 Å². The molecule has 2 aromatic heterocycles. The summed E-state index contributed by atoms with van der Waals surface area (Å²) in [7, 11) is 0. The van der Waals surface area contributed by atoms with Crippen molar-refractivity contribution in [3.8, 4) is 0 Å². The molecule has 0 radical (unpaired) electrons. The Kier molecular flexibility index (Phi) is 5.95. The van der Waals surface area contributed by atoms with Crippen LogP contribution < -0.4 is 10.5 Å². The van der Waals surface area contributed by atoms with Crippen LogP contribution in [0, 0.1) is 12.8 Å². The largest absolute Gasteiger partial charge is 0.378 e. The minimum atomic E-state index is -0.195. The number of hydrogen-bond donors (Lipinski definition) is 0. The van der Waals surface area contributed by atoms with Gasteiger partial charge in [0.25, 0.3) is 11.5 Å². The molecule has 0 aromatic carbocycles. The predicted molar refractivity (Wildman–Crippen MR) is 124 cm³/mol. The van der Waals surface area contributed by atoms with Gasteiger partial charge in [0.1, 0.15) is 15.8 Å². The number of carbonyl (C=O) groups excluding carboxylic acids is 1. The molecule has 0 bridgehead atoms. The summed E-state index contributed by atoms with van der Waals surface area (Å²) in [5.74, 6) is 0.730. The smallest absolute Gasteiger partial charge is 0.267 e. The van der Waals surface area contributed by atoms with E-state index >= 15 is 0 Å². The second kappa shape index (κ2) is 8.49.